The van der Waals surface area contributed by atoms with Crippen molar-refractivity contribution < 1.29 is 9.47 Å². The smallest absolute Gasteiger partial charge is 0.119 e. The molecule has 0 saturated carbocycles. The summed E-state index contributed by atoms with van der Waals surface area (Å²) in [5, 5.41) is 0. The first-order chi connectivity index (χ1) is 8.22. The molecule has 0 bridgehead atoms. The van der Waals surface area contributed by atoms with Gasteiger partial charge in [-0.2, -0.15) is 0 Å². The van der Waals surface area contributed by atoms with Crippen LogP contribution in [0.5, 0.6) is 0 Å². The van der Waals surface area contributed by atoms with Crippen LogP contribution in [0.15, 0.2) is 35.8 Å². The quantitative estimate of drug-likeness (QED) is 0.692. The molecule has 3 nitrogen and oxygen atoms in total. The van der Waals surface area contributed by atoms with Crippen LogP contribution in [0.25, 0.3) is 0 Å². The Morgan fingerprint density at radius 3 is 3.00 bits per heavy atom. The highest BCUT2D eigenvalue weighted by Crippen LogP contribution is 2.09. The number of unbranched alkanes of at least 4 members (excludes halogenated alkanes) is 1. The van der Waals surface area contributed by atoms with Gasteiger partial charge in [0.15, 0.2) is 0 Å². The normalized spacial score (nSPS) is 17.1. The van der Waals surface area contributed by atoms with Gasteiger partial charge in [-0.25, -0.2) is 0 Å². The average molecular weight is 237 g/mol. The molecule has 3 heteroatoms. The number of hydrogen-bond donors (Lipinski definition) is 1. The summed E-state index contributed by atoms with van der Waals surface area (Å²) in [7, 11) is 0. The molecule has 0 aromatic heterocycles. The molecule has 1 rings (SSSR count). The van der Waals surface area contributed by atoms with Crippen LogP contribution in [0.2, 0.25) is 0 Å². The molecule has 0 saturated heterocycles. The number of hydrogen-bond acceptors (Lipinski definition) is 3. The number of ether oxygens (including phenoxy) is 2. The van der Waals surface area contributed by atoms with E-state index in [0.29, 0.717) is 6.61 Å². The zero-order chi connectivity index (χ0) is 12.5. The third kappa shape index (κ3) is 6.17. The van der Waals surface area contributed by atoms with E-state index in [9.17, 15) is 0 Å². The van der Waals surface area contributed by atoms with Gasteiger partial charge in [-0.3, -0.25) is 0 Å². The maximum Gasteiger partial charge on any atom is 0.119 e. The molecule has 0 aromatic carbocycles. The molecule has 0 spiro atoms. The van der Waals surface area contributed by atoms with Crippen molar-refractivity contribution >= 4 is 0 Å². The SMILES string of the molecule is CCCCOC(C)COC1=CC=C(N)CC=C1. The third-order valence-corrected chi connectivity index (χ3v) is 2.48. The molecule has 0 heterocycles. The number of allylic oxidation sites excluding steroid dienone is 4. The number of rotatable bonds is 7. The second-order valence-corrected chi connectivity index (χ2v) is 4.26. The summed E-state index contributed by atoms with van der Waals surface area (Å²) in [5.74, 6) is 0.844. The molecule has 96 valence electrons. The van der Waals surface area contributed by atoms with Crippen molar-refractivity contribution in [3.8, 4) is 0 Å². The molecule has 17 heavy (non-hydrogen) atoms. The second-order valence-electron chi connectivity index (χ2n) is 4.26. The Kier molecular flexibility index (Phi) is 6.48. The van der Waals surface area contributed by atoms with E-state index in [-0.39, 0.29) is 6.10 Å². The molecule has 1 aliphatic carbocycles. The molecular formula is C14H23NO2. The first kappa shape index (κ1) is 13.8. The Morgan fingerprint density at radius 2 is 2.24 bits per heavy atom. The minimum absolute atomic E-state index is 0.125. The Hall–Kier alpha value is -1.22. The Bertz CT molecular complexity index is 305. The van der Waals surface area contributed by atoms with Crippen LogP contribution < -0.4 is 5.73 Å². The fourth-order valence-corrected chi connectivity index (χ4v) is 1.41. The minimum Gasteiger partial charge on any atom is -0.491 e. The van der Waals surface area contributed by atoms with Crippen LogP contribution in [0.1, 0.15) is 33.1 Å². The summed E-state index contributed by atoms with van der Waals surface area (Å²) < 4.78 is 11.3. The van der Waals surface area contributed by atoms with Gasteiger partial charge in [-0.1, -0.05) is 19.4 Å². The van der Waals surface area contributed by atoms with Crippen LogP contribution in [0.3, 0.4) is 0 Å². The summed E-state index contributed by atoms with van der Waals surface area (Å²) in [6.45, 7) is 5.57. The van der Waals surface area contributed by atoms with Crippen LogP contribution in [0.4, 0.5) is 0 Å². The predicted molar refractivity (Wildman–Crippen MR) is 70.4 cm³/mol. The summed E-state index contributed by atoms with van der Waals surface area (Å²) in [6.07, 6.45) is 10.9. The number of nitrogens with two attached hydrogens (primary N) is 1. The monoisotopic (exact) mass is 237 g/mol. The highest BCUT2D eigenvalue weighted by molar-refractivity contribution is 5.26. The van der Waals surface area contributed by atoms with Gasteiger partial charge >= 0.3 is 0 Å². The van der Waals surface area contributed by atoms with Gasteiger partial charge in [0.1, 0.15) is 12.4 Å². The predicted octanol–water partition coefficient (Wildman–Crippen LogP) is 2.89. The molecule has 0 aromatic rings. The molecule has 1 unspecified atom stereocenters. The van der Waals surface area contributed by atoms with Crippen molar-refractivity contribution in [3.05, 3.63) is 35.8 Å². The van der Waals surface area contributed by atoms with E-state index in [0.717, 1.165) is 37.3 Å². The van der Waals surface area contributed by atoms with Crippen molar-refractivity contribution in [2.24, 2.45) is 5.73 Å². The zero-order valence-electron chi connectivity index (χ0n) is 10.8. The summed E-state index contributed by atoms with van der Waals surface area (Å²) in [6, 6.07) is 0. The summed E-state index contributed by atoms with van der Waals surface area (Å²) in [4.78, 5) is 0. The van der Waals surface area contributed by atoms with Gasteiger partial charge in [0, 0.05) is 18.7 Å². The van der Waals surface area contributed by atoms with Crippen molar-refractivity contribution in [3.63, 3.8) is 0 Å². The highest BCUT2D eigenvalue weighted by Gasteiger charge is 2.04. The summed E-state index contributed by atoms with van der Waals surface area (Å²) >= 11 is 0. The van der Waals surface area contributed by atoms with Gasteiger partial charge in [0.05, 0.1) is 6.10 Å². The van der Waals surface area contributed by atoms with Gasteiger partial charge in [-0.15, -0.1) is 0 Å². The van der Waals surface area contributed by atoms with E-state index in [1.54, 1.807) is 0 Å². The third-order valence-electron chi connectivity index (χ3n) is 2.48. The van der Waals surface area contributed by atoms with Crippen molar-refractivity contribution in [1.29, 1.82) is 0 Å². The van der Waals surface area contributed by atoms with E-state index in [1.165, 1.54) is 0 Å². The Balaban J connectivity index is 2.25. The fourth-order valence-electron chi connectivity index (χ4n) is 1.41. The minimum atomic E-state index is 0.125. The largest absolute Gasteiger partial charge is 0.491 e. The zero-order valence-corrected chi connectivity index (χ0v) is 10.8. The van der Waals surface area contributed by atoms with Crippen LogP contribution in [-0.2, 0) is 9.47 Å². The Morgan fingerprint density at radius 1 is 1.41 bits per heavy atom. The van der Waals surface area contributed by atoms with Gasteiger partial charge in [0.25, 0.3) is 0 Å². The molecule has 1 atom stereocenters. The van der Waals surface area contributed by atoms with Gasteiger partial charge < -0.3 is 15.2 Å². The average Bonchev–Trinajstić information content (AvgIpc) is 2.52. The highest BCUT2D eigenvalue weighted by atomic mass is 16.5. The maximum absolute atomic E-state index is 5.72. The van der Waals surface area contributed by atoms with Crippen LogP contribution >= 0.6 is 0 Å². The molecule has 0 amide bonds. The lowest BCUT2D eigenvalue weighted by atomic mass is 10.3. The topological polar surface area (TPSA) is 44.5 Å². The first-order valence-corrected chi connectivity index (χ1v) is 6.29. The second kappa shape index (κ2) is 7.96. The fraction of sp³-hybridized carbons (Fsp3) is 0.571. The molecule has 2 N–H and O–H groups in total. The maximum atomic E-state index is 5.72. The van der Waals surface area contributed by atoms with E-state index < -0.39 is 0 Å². The molecule has 0 radical (unpaired) electrons. The van der Waals surface area contributed by atoms with E-state index in [4.69, 9.17) is 15.2 Å². The van der Waals surface area contributed by atoms with Gasteiger partial charge in [0.2, 0.25) is 0 Å². The molecule has 1 aliphatic rings. The standard InChI is InChI=1S/C14H23NO2/c1-3-4-10-16-12(2)11-17-14-7-5-6-13(15)8-9-14/h5,7-9,12H,3-4,6,10-11,15H2,1-2H3. The van der Waals surface area contributed by atoms with E-state index in [2.05, 4.69) is 6.92 Å². The lowest BCUT2D eigenvalue weighted by Gasteiger charge is -2.14. The van der Waals surface area contributed by atoms with E-state index in [1.807, 2.05) is 31.2 Å². The Labute approximate surface area is 104 Å². The molecular weight excluding hydrogens is 214 g/mol. The lowest BCUT2D eigenvalue weighted by molar-refractivity contribution is 0.0142. The van der Waals surface area contributed by atoms with Gasteiger partial charge in [-0.05, 0) is 31.6 Å². The lowest BCUT2D eigenvalue weighted by Crippen LogP contribution is -2.16. The van der Waals surface area contributed by atoms with E-state index >= 15 is 0 Å². The first-order valence-electron chi connectivity index (χ1n) is 6.29. The van der Waals surface area contributed by atoms with Crippen LogP contribution in [-0.4, -0.2) is 19.3 Å². The van der Waals surface area contributed by atoms with Crippen molar-refractivity contribution in [2.45, 2.75) is 39.2 Å². The molecule has 0 fully saturated rings. The van der Waals surface area contributed by atoms with Crippen molar-refractivity contribution in [2.75, 3.05) is 13.2 Å². The summed E-state index contributed by atoms with van der Waals surface area (Å²) in [5.41, 5.74) is 6.57. The van der Waals surface area contributed by atoms with Crippen LogP contribution in [0, 0.1) is 0 Å². The van der Waals surface area contributed by atoms with Crippen molar-refractivity contribution in [1.82, 2.24) is 0 Å². The molecule has 0 aliphatic heterocycles.